The monoisotopic (exact) mass is 283 g/mol. The number of carbonyl (C=O) groups excluding carboxylic acids is 2. The van der Waals surface area contributed by atoms with Crippen LogP contribution in [0, 0.1) is 0 Å². The molecule has 7 heteroatoms. The highest BCUT2D eigenvalue weighted by atomic mass is 32.1. The average Bonchev–Trinajstić information content (AvgIpc) is 2.81. The lowest BCUT2D eigenvalue weighted by Gasteiger charge is -2.40. The van der Waals surface area contributed by atoms with E-state index in [0.717, 1.165) is 5.01 Å². The number of aromatic nitrogens is 1. The fourth-order valence-corrected chi connectivity index (χ4v) is 2.73. The quantitative estimate of drug-likeness (QED) is 0.883. The van der Waals surface area contributed by atoms with E-state index in [2.05, 4.69) is 10.3 Å². The van der Waals surface area contributed by atoms with Crippen molar-refractivity contribution in [3.63, 3.8) is 0 Å². The van der Waals surface area contributed by atoms with Gasteiger partial charge in [0.25, 0.3) is 5.91 Å². The van der Waals surface area contributed by atoms with Crippen molar-refractivity contribution < 1.29 is 14.3 Å². The van der Waals surface area contributed by atoms with Crippen LogP contribution in [0.15, 0.2) is 5.38 Å². The van der Waals surface area contributed by atoms with Gasteiger partial charge >= 0.3 is 0 Å². The zero-order chi connectivity index (χ0) is 14.0. The highest BCUT2D eigenvalue weighted by molar-refractivity contribution is 7.09. The summed E-state index contributed by atoms with van der Waals surface area (Å²) in [7, 11) is 1.58. The molecule has 0 radical (unpaired) electrons. The number of piperazine rings is 1. The van der Waals surface area contributed by atoms with Gasteiger partial charge in [-0.25, -0.2) is 4.98 Å². The molecule has 2 amide bonds. The summed E-state index contributed by atoms with van der Waals surface area (Å²) in [5.41, 5.74) is -0.472. The Kier molecular flexibility index (Phi) is 3.86. The van der Waals surface area contributed by atoms with Crippen LogP contribution < -0.4 is 5.32 Å². The zero-order valence-electron chi connectivity index (χ0n) is 11.2. The van der Waals surface area contributed by atoms with E-state index < -0.39 is 5.54 Å². The van der Waals surface area contributed by atoms with E-state index in [1.54, 1.807) is 31.2 Å². The number of methoxy groups -OCH3 is 1. The minimum Gasteiger partial charge on any atom is -0.378 e. The third-order valence-corrected chi connectivity index (χ3v) is 3.96. The van der Waals surface area contributed by atoms with Gasteiger partial charge in [0, 0.05) is 25.6 Å². The first-order valence-corrected chi connectivity index (χ1v) is 6.88. The molecule has 2 heterocycles. The van der Waals surface area contributed by atoms with Crippen molar-refractivity contribution >= 4 is 23.2 Å². The highest BCUT2D eigenvalue weighted by Gasteiger charge is 2.41. The van der Waals surface area contributed by atoms with Gasteiger partial charge in [0.2, 0.25) is 5.91 Å². The van der Waals surface area contributed by atoms with Crippen molar-refractivity contribution in [1.82, 2.24) is 15.2 Å². The maximum Gasteiger partial charge on any atom is 0.274 e. The number of amides is 2. The lowest BCUT2D eigenvalue weighted by atomic mass is 9.98. The van der Waals surface area contributed by atoms with Crippen LogP contribution in [-0.2, 0) is 16.1 Å². The SMILES string of the molecule is COCc1nc(C(=O)N2CCNC(=O)C2(C)C)cs1. The van der Waals surface area contributed by atoms with E-state index in [1.165, 1.54) is 11.3 Å². The van der Waals surface area contributed by atoms with Crippen molar-refractivity contribution in [2.45, 2.75) is 26.0 Å². The average molecular weight is 283 g/mol. The molecule has 0 spiro atoms. The molecule has 6 nitrogen and oxygen atoms in total. The second-order valence-corrected chi connectivity index (χ2v) is 5.77. The number of hydrogen-bond donors (Lipinski definition) is 1. The molecule has 1 N–H and O–H groups in total. The lowest BCUT2D eigenvalue weighted by Crippen LogP contribution is -2.63. The van der Waals surface area contributed by atoms with Crippen LogP contribution in [0.5, 0.6) is 0 Å². The first-order chi connectivity index (χ1) is 8.96. The van der Waals surface area contributed by atoms with E-state index in [4.69, 9.17) is 4.74 Å². The second-order valence-electron chi connectivity index (χ2n) is 4.83. The predicted octanol–water partition coefficient (Wildman–Crippen LogP) is 0.640. The van der Waals surface area contributed by atoms with Crippen molar-refractivity contribution in [3.05, 3.63) is 16.1 Å². The molecule has 0 saturated carbocycles. The normalized spacial score (nSPS) is 18.3. The highest BCUT2D eigenvalue weighted by Crippen LogP contribution is 2.21. The molecule has 104 valence electrons. The summed E-state index contributed by atoms with van der Waals surface area (Å²) in [4.78, 5) is 30.1. The summed E-state index contributed by atoms with van der Waals surface area (Å²) in [5, 5.41) is 5.23. The molecule has 1 aliphatic rings. The molecule has 2 rings (SSSR count). The summed E-state index contributed by atoms with van der Waals surface area (Å²) in [6.07, 6.45) is 0. The Balaban J connectivity index is 2.20. The smallest absolute Gasteiger partial charge is 0.274 e. The molecule has 19 heavy (non-hydrogen) atoms. The minimum atomic E-state index is -0.847. The number of hydrogen-bond acceptors (Lipinski definition) is 5. The molecule has 1 aromatic heterocycles. The topological polar surface area (TPSA) is 71.5 Å². The molecular formula is C12H17N3O3S. The van der Waals surface area contributed by atoms with Gasteiger partial charge in [-0.15, -0.1) is 11.3 Å². The number of nitrogens with zero attached hydrogens (tertiary/aromatic N) is 2. The third kappa shape index (κ3) is 2.62. The van der Waals surface area contributed by atoms with Gasteiger partial charge in [-0.1, -0.05) is 0 Å². The molecular weight excluding hydrogens is 266 g/mol. The molecule has 0 aliphatic carbocycles. The molecule has 1 aliphatic heterocycles. The lowest BCUT2D eigenvalue weighted by molar-refractivity contribution is -0.133. The number of rotatable bonds is 3. The van der Waals surface area contributed by atoms with E-state index in [9.17, 15) is 9.59 Å². The largest absolute Gasteiger partial charge is 0.378 e. The molecule has 0 aromatic carbocycles. The van der Waals surface area contributed by atoms with Crippen molar-refractivity contribution in [2.75, 3.05) is 20.2 Å². The fourth-order valence-electron chi connectivity index (χ4n) is 1.99. The van der Waals surface area contributed by atoms with E-state index >= 15 is 0 Å². The Morgan fingerprint density at radius 1 is 1.63 bits per heavy atom. The maximum atomic E-state index is 12.4. The number of nitrogens with one attached hydrogen (secondary N) is 1. The molecule has 0 unspecified atom stereocenters. The second kappa shape index (κ2) is 5.26. The standard InChI is InChI=1S/C12H17N3O3S/c1-12(2)11(17)13-4-5-15(12)10(16)8-7-19-9(14-8)6-18-3/h7H,4-6H2,1-3H3,(H,13,17). The van der Waals surface area contributed by atoms with Gasteiger partial charge in [0.1, 0.15) is 16.2 Å². The van der Waals surface area contributed by atoms with Gasteiger partial charge in [-0.2, -0.15) is 0 Å². The summed E-state index contributed by atoms with van der Waals surface area (Å²) in [5.74, 6) is -0.349. The van der Waals surface area contributed by atoms with Gasteiger partial charge in [0.15, 0.2) is 0 Å². The number of carbonyl (C=O) groups is 2. The summed E-state index contributed by atoms with van der Waals surface area (Å²) >= 11 is 1.38. The number of thiazole rings is 1. The van der Waals surface area contributed by atoms with Crippen molar-refractivity contribution in [2.24, 2.45) is 0 Å². The molecule has 1 saturated heterocycles. The van der Waals surface area contributed by atoms with Crippen LogP contribution in [0.4, 0.5) is 0 Å². The first-order valence-electron chi connectivity index (χ1n) is 6.00. The van der Waals surface area contributed by atoms with Crippen molar-refractivity contribution in [3.8, 4) is 0 Å². The van der Waals surface area contributed by atoms with Crippen molar-refractivity contribution in [1.29, 1.82) is 0 Å². The van der Waals surface area contributed by atoms with Crippen LogP contribution >= 0.6 is 11.3 Å². The molecule has 0 atom stereocenters. The fraction of sp³-hybridized carbons (Fsp3) is 0.583. The van der Waals surface area contributed by atoms with Gasteiger partial charge in [-0.05, 0) is 13.8 Å². The maximum absolute atomic E-state index is 12.4. The van der Waals surface area contributed by atoms with Crippen LogP contribution in [0.2, 0.25) is 0 Å². The van der Waals surface area contributed by atoms with E-state index in [0.29, 0.717) is 25.4 Å². The summed E-state index contributed by atoms with van der Waals surface area (Å²) in [6, 6.07) is 0. The zero-order valence-corrected chi connectivity index (χ0v) is 12.0. The van der Waals surface area contributed by atoms with E-state index in [1.807, 2.05) is 0 Å². The Hall–Kier alpha value is -1.47. The Labute approximate surface area is 115 Å². The van der Waals surface area contributed by atoms with Crippen LogP contribution in [-0.4, -0.2) is 47.4 Å². The van der Waals surface area contributed by atoms with E-state index in [-0.39, 0.29) is 11.8 Å². The van der Waals surface area contributed by atoms with Crippen LogP contribution in [0.1, 0.15) is 29.3 Å². The van der Waals surface area contributed by atoms with Crippen LogP contribution in [0.3, 0.4) is 0 Å². The van der Waals surface area contributed by atoms with Gasteiger partial charge < -0.3 is 15.0 Å². The first kappa shape index (κ1) is 14.0. The Bertz CT molecular complexity index is 498. The van der Waals surface area contributed by atoms with Gasteiger partial charge in [0.05, 0.1) is 6.61 Å². The van der Waals surface area contributed by atoms with Crippen LogP contribution in [0.25, 0.3) is 0 Å². The Morgan fingerprint density at radius 3 is 3.05 bits per heavy atom. The molecule has 1 fully saturated rings. The summed E-state index contributed by atoms with van der Waals surface area (Å²) < 4.78 is 4.98. The molecule has 0 bridgehead atoms. The van der Waals surface area contributed by atoms with Gasteiger partial charge in [-0.3, -0.25) is 9.59 Å². The summed E-state index contributed by atoms with van der Waals surface area (Å²) in [6.45, 7) is 4.84. The third-order valence-electron chi connectivity index (χ3n) is 3.14. The Morgan fingerprint density at radius 2 is 2.37 bits per heavy atom. The predicted molar refractivity (Wildman–Crippen MR) is 71.0 cm³/mol. The molecule has 1 aromatic rings. The minimum absolute atomic E-state index is 0.139. The number of ether oxygens (including phenoxy) is 1.